The minimum absolute atomic E-state index is 0.00763. The Labute approximate surface area is 151 Å². The van der Waals surface area contributed by atoms with Crippen LogP contribution in [0.4, 0.5) is 4.79 Å². The first-order valence-corrected chi connectivity index (χ1v) is 8.67. The second-order valence-electron chi connectivity index (χ2n) is 7.23. The molecule has 0 saturated carbocycles. The Morgan fingerprint density at radius 1 is 1.12 bits per heavy atom. The van der Waals surface area contributed by atoms with Crippen molar-refractivity contribution in [2.24, 2.45) is 0 Å². The Hall–Kier alpha value is -1.46. The molecule has 0 spiro atoms. The molecule has 3 rings (SSSR count). The summed E-state index contributed by atoms with van der Waals surface area (Å²) in [6.45, 7) is 6.51. The van der Waals surface area contributed by atoms with Gasteiger partial charge in [-0.15, -0.1) is 0 Å². The second kappa shape index (κ2) is 6.12. The first kappa shape index (κ1) is 17.4. The molecule has 5 nitrogen and oxygen atoms in total. The molecule has 2 amide bonds. The quantitative estimate of drug-likeness (QED) is 0.754. The van der Waals surface area contributed by atoms with Crippen LogP contribution in [0.5, 0.6) is 0 Å². The molecule has 2 heterocycles. The molecule has 2 aliphatic rings. The van der Waals surface area contributed by atoms with Gasteiger partial charge in [-0.2, -0.15) is 0 Å². The predicted octanol–water partition coefficient (Wildman–Crippen LogP) is 3.83. The predicted molar refractivity (Wildman–Crippen MR) is 92.6 cm³/mol. The van der Waals surface area contributed by atoms with Crippen LogP contribution < -0.4 is 0 Å². The largest absolute Gasteiger partial charge is 0.444 e. The summed E-state index contributed by atoms with van der Waals surface area (Å²) < 4.78 is 5.43. The van der Waals surface area contributed by atoms with Crippen LogP contribution in [0.25, 0.3) is 0 Å². The third-order valence-electron chi connectivity index (χ3n) is 4.31. The molecule has 0 radical (unpaired) electrons. The molecule has 130 valence electrons. The molecular formula is C17H20Cl2N2O3. The van der Waals surface area contributed by atoms with E-state index in [1.165, 1.54) is 0 Å². The molecule has 0 aliphatic carbocycles. The van der Waals surface area contributed by atoms with Crippen molar-refractivity contribution in [1.29, 1.82) is 0 Å². The summed E-state index contributed by atoms with van der Waals surface area (Å²) in [4.78, 5) is 28.5. The zero-order valence-corrected chi connectivity index (χ0v) is 15.4. The van der Waals surface area contributed by atoms with E-state index in [-0.39, 0.29) is 29.1 Å². The number of carbonyl (C=O) groups is 2. The summed E-state index contributed by atoms with van der Waals surface area (Å²) in [7, 11) is 0. The maximum absolute atomic E-state index is 12.8. The summed E-state index contributed by atoms with van der Waals surface area (Å²) in [5, 5.41) is 0.637. The number of halogens is 2. The van der Waals surface area contributed by atoms with Crippen LogP contribution >= 0.6 is 23.2 Å². The summed E-state index contributed by atoms with van der Waals surface area (Å²) in [5.41, 5.74) is -0.122. The zero-order valence-electron chi connectivity index (χ0n) is 13.9. The standard InChI is InChI=1S/C17H20Cl2N2O3/c1-17(2,3)24-16(23)21-9-10-7-11(21)8-20(10)15(22)12-5-4-6-13(18)14(12)19/h4-6,10-11H,7-9H2,1-3H3/t10-,11-/m1/s1. The van der Waals surface area contributed by atoms with E-state index >= 15 is 0 Å². The third kappa shape index (κ3) is 3.20. The number of likely N-dealkylation sites (tertiary alicyclic amines) is 2. The van der Waals surface area contributed by atoms with E-state index < -0.39 is 5.60 Å². The number of piperazine rings is 1. The van der Waals surface area contributed by atoms with Gasteiger partial charge in [0.25, 0.3) is 5.91 Å². The van der Waals surface area contributed by atoms with Crippen LogP contribution in [0.3, 0.4) is 0 Å². The molecule has 2 bridgehead atoms. The molecule has 1 aromatic rings. The highest BCUT2D eigenvalue weighted by Crippen LogP contribution is 2.35. The lowest BCUT2D eigenvalue weighted by molar-refractivity contribution is 0.0126. The van der Waals surface area contributed by atoms with Crippen molar-refractivity contribution in [3.63, 3.8) is 0 Å². The molecule has 2 atom stereocenters. The minimum Gasteiger partial charge on any atom is -0.444 e. The number of nitrogens with zero attached hydrogens (tertiary/aromatic N) is 2. The minimum atomic E-state index is -0.525. The highest BCUT2D eigenvalue weighted by atomic mass is 35.5. The van der Waals surface area contributed by atoms with Crippen LogP contribution in [0.2, 0.25) is 10.0 Å². The van der Waals surface area contributed by atoms with Crippen LogP contribution in [0.15, 0.2) is 18.2 Å². The fraction of sp³-hybridized carbons (Fsp3) is 0.529. The Balaban J connectivity index is 1.70. The zero-order chi connectivity index (χ0) is 17.6. The molecule has 7 heteroatoms. The Morgan fingerprint density at radius 2 is 1.75 bits per heavy atom. The van der Waals surface area contributed by atoms with Gasteiger partial charge in [-0.1, -0.05) is 29.3 Å². The maximum Gasteiger partial charge on any atom is 0.410 e. The van der Waals surface area contributed by atoms with Crippen molar-refractivity contribution < 1.29 is 14.3 Å². The summed E-state index contributed by atoms with van der Waals surface area (Å²) in [6, 6.07) is 5.02. The van der Waals surface area contributed by atoms with Gasteiger partial charge in [0.2, 0.25) is 0 Å². The summed E-state index contributed by atoms with van der Waals surface area (Å²) in [5.74, 6) is -0.140. The van der Waals surface area contributed by atoms with Gasteiger partial charge in [0.15, 0.2) is 0 Å². The lowest BCUT2D eigenvalue weighted by atomic mass is 10.1. The van der Waals surface area contributed by atoms with Gasteiger partial charge in [-0.3, -0.25) is 4.79 Å². The van der Waals surface area contributed by atoms with Crippen LogP contribution in [0.1, 0.15) is 37.6 Å². The van der Waals surface area contributed by atoms with E-state index in [9.17, 15) is 9.59 Å². The number of ether oxygens (including phenoxy) is 1. The molecule has 0 aromatic heterocycles. The first-order valence-electron chi connectivity index (χ1n) is 7.92. The Morgan fingerprint density at radius 3 is 2.33 bits per heavy atom. The van der Waals surface area contributed by atoms with Crippen molar-refractivity contribution in [1.82, 2.24) is 9.80 Å². The van der Waals surface area contributed by atoms with Crippen molar-refractivity contribution in [3.8, 4) is 0 Å². The number of amides is 2. The van der Waals surface area contributed by atoms with Crippen molar-refractivity contribution in [2.45, 2.75) is 44.9 Å². The summed E-state index contributed by atoms with van der Waals surface area (Å²) in [6.07, 6.45) is 0.450. The smallest absolute Gasteiger partial charge is 0.410 e. The monoisotopic (exact) mass is 370 g/mol. The molecule has 0 N–H and O–H groups in total. The van der Waals surface area contributed by atoms with E-state index in [2.05, 4.69) is 0 Å². The third-order valence-corrected chi connectivity index (χ3v) is 5.13. The summed E-state index contributed by atoms with van der Waals surface area (Å²) >= 11 is 12.2. The number of hydrogen-bond donors (Lipinski definition) is 0. The average Bonchev–Trinajstić information content (AvgIpc) is 3.08. The normalized spacial score (nSPS) is 22.9. The van der Waals surface area contributed by atoms with Gasteiger partial charge < -0.3 is 14.5 Å². The van der Waals surface area contributed by atoms with E-state index in [1.54, 1.807) is 28.0 Å². The van der Waals surface area contributed by atoms with Gasteiger partial charge in [0.1, 0.15) is 5.60 Å². The lowest BCUT2D eigenvalue weighted by Gasteiger charge is -2.35. The molecule has 2 saturated heterocycles. The van der Waals surface area contributed by atoms with Crippen molar-refractivity contribution in [3.05, 3.63) is 33.8 Å². The van der Waals surface area contributed by atoms with E-state index in [0.29, 0.717) is 23.7 Å². The molecule has 24 heavy (non-hydrogen) atoms. The lowest BCUT2D eigenvalue weighted by Crippen LogP contribution is -2.51. The highest BCUT2D eigenvalue weighted by molar-refractivity contribution is 6.43. The van der Waals surface area contributed by atoms with Gasteiger partial charge in [-0.05, 0) is 39.3 Å². The first-order chi connectivity index (χ1) is 11.2. The Kier molecular flexibility index (Phi) is 4.43. The molecule has 2 aliphatic heterocycles. The van der Waals surface area contributed by atoms with Crippen LogP contribution in [-0.2, 0) is 4.74 Å². The van der Waals surface area contributed by atoms with Crippen molar-refractivity contribution >= 4 is 35.2 Å². The number of benzene rings is 1. The Bertz CT molecular complexity index is 687. The average molecular weight is 371 g/mol. The highest BCUT2D eigenvalue weighted by Gasteiger charge is 2.48. The maximum atomic E-state index is 12.8. The van der Waals surface area contributed by atoms with Gasteiger partial charge in [0, 0.05) is 13.1 Å². The number of hydrogen-bond acceptors (Lipinski definition) is 3. The molecule has 0 unspecified atom stereocenters. The van der Waals surface area contributed by atoms with Gasteiger partial charge in [0.05, 0.1) is 27.7 Å². The van der Waals surface area contributed by atoms with Crippen molar-refractivity contribution in [2.75, 3.05) is 13.1 Å². The van der Waals surface area contributed by atoms with Gasteiger partial charge >= 0.3 is 6.09 Å². The molecule has 1 aromatic carbocycles. The van der Waals surface area contributed by atoms with E-state index in [0.717, 1.165) is 6.42 Å². The number of fused-ring (bicyclic) bond motifs is 2. The van der Waals surface area contributed by atoms with Crippen LogP contribution in [-0.4, -0.2) is 52.6 Å². The van der Waals surface area contributed by atoms with E-state index in [4.69, 9.17) is 27.9 Å². The number of carbonyl (C=O) groups excluding carboxylic acids is 2. The SMILES string of the molecule is CC(C)(C)OC(=O)N1C[C@H]2C[C@@H]1CN2C(=O)c1cccc(Cl)c1Cl. The fourth-order valence-corrected chi connectivity index (χ4v) is 3.66. The topological polar surface area (TPSA) is 49.9 Å². The molecule has 2 fully saturated rings. The van der Waals surface area contributed by atoms with Gasteiger partial charge in [-0.25, -0.2) is 4.79 Å². The second-order valence-corrected chi connectivity index (χ2v) is 8.02. The van der Waals surface area contributed by atoms with Crippen LogP contribution in [0, 0.1) is 0 Å². The fourth-order valence-electron chi connectivity index (χ4n) is 3.28. The number of rotatable bonds is 1. The van der Waals surface area contributed by atoms with E-state index in [1.807, 2.05) is 20.8 Å². The molecular weight excluding hydrogens is 351 g/mol.